The zero-order valence-corrected chi connectivity index (χ0v) is 9.19. The van der Waals surface area contributed by atoms with E-state index in [1.54, 1.807) is 24.3 Å². The Morgan fingerprint density at radius 1 is 1.31 bits per heavy atom. The van der Waals surface area contributed by atoms with Crippen molar-refractivity contribution in [1.29, 1.82) is 0 Å². The fourth-order valence-corrected chi connectivity index (χ4v) is 1.92. The van der Waals surface area contributed by atoms with Crippen molar-refractivity contribution in [2.75, 3.05) is 6.61 Å². The van der Waals surface area contributed by atoms with Crippen LogP contribution in [0, 0.1) is 0 Å². The van der Waals surface area contributed by atoms with Crippen molar-refractivity contribution in [3.05, 3.63) is 29.8 Å². The third kappa shape index (κ3) is 2.83. The number of carbonyl (C=O) groups excluding carboxylic acids is 1. The molecule has 0 aromatic heterocycles. The van der Waals surface area contributed by atoms with Crippen LogP contribution in [0.25, 0.3) is 0 Å². The second-order valence-corrected chi connectivity index (χ2v) is 4.16. The van der Waals surface area contributed by atoms with Crippen molar-refractivity contribution < 1.29 is 14.6 Å². The summed E-state index contributed by atoms with van der Waals surface area (Å²) in [5.74, 6) is 0.371. The number of ketones is 1. The molecule has 0 radical (unpaired) electrons. The molecule has 0 amide bonds. The van der Waals surface area contributed by atoms with Crippen LogP contribution >= 0.6 is 0 Å². The topological polar surface area (TPSA) is 46.5 Å². The first kappa shape index (κ1) is 11.1. The van der Waals surface area contributed by atoms with Gasteiger partial charge in [-0.3, -0.25) is 4.79 Å². The van der Waals surface area contributed by atoms with E-state index in [0.29, 0.717) is 13.0 Å². The summed E-state index contributed by atoms with van der Waals surface area (Å²) < 4.78 is 5.44. The minimum Gasteiger partial charge on any atom is -0.508 e. The molecule has 16 heavy (non-hydrogen) atoms. The van der Waals surface area contributed by atoms with Gasteiger partial charge in [0.25, 0.3) is 0 Å². The highest BCUT2D eigenvalue weighted by atomic mass is 16.5. The first-order valence-corrected chi connectivity index (χ1v) is 5.68. The smallest absolute Gasteiger partial charge is 0.165 e. The summed E-state index contributed by atoms with van der Waals surface area (Å²) >= 11 is 0. The van der Waals surface area contributed by atoms with Crippen LogP contribution in [0.3, 0.4) is 0 Å². The van der Waals surface area contributed by atoms with Gasteiger partial charge in [0.15, 0.2) is 5.78 Å². The number of Topliss-reactive ketones (excluding diaryl/α,β-unsaturated/α-hetero) is 1. The third-order valence-corrected chi connectivity index (χ3v) is 2.85. The molecule has 0 spiro atoms. The van der Waals surface area contributed by atoms with E-state index in [9.17, 15) is 4.79 Å². The Morgan fingerprint density at radius 3 is 2.69 bits per heavy atom. The molecule has 2 rings (SSSR count). The Kier molecular flexibility index (Phi) is 3.57. The summed E-state index contributed by atoms with van der Waals surface area (Å²) in [6.07, 6.45) is 3.15. The highest BCUT2D eigenvalue weighted by Gasteiger charge is 2.21. The van der Waals surface area contributed by atoms with Crippen LogP contribution in [0.2, 0.25) is 0 Å². The number of hydrogen-bond acceptors (Lipinski definition) is 3. The quantitative estimate of drug-likeness (QED) is 0.848. The number of carbonyl (C=O) groups is 1. The summed E-state index contributed by atoms with van der Waals surface area (Å²) in [6, 6.07) is 6.75. The third-order valence-electron chi connectivity index (χ3n) is 2.85. The summed E-state index contributed by atoms with van der Waals surface area (Å²) in [6.45, 7) is 0.700. The van der Waals surface area contributed by atoms with E-state index >= 15 is 0 Å². The van der Waals surface area contributed by atoms with Crippen molar-refractivity contribution in [3.63, 3.8) is 0 Å². The molecule has 1 atom stereocenters. The minimum atomic E-state index is -0.220. The summed E-state index contributed by atoms with van der Waals surface area (Å²) in [5.41, 5.74) is 0.928. The zero-order valence-electron chi connectivity index (χ0n) is 9.19. The van der Waals surface area contributed by atoms with Gasteiger partial charge in [-0.25, -0.2) is 0 Å². The van der Waals surface area contributed by atoms with Gasteiger partial charge in [-0.2, -0.15) is 0 Å². The SMILES string of the molecule is O=C(Cc1ccc(O)cc1)C1CCCCO1. The van der Waals surface area contributed by atoms with Crippen molar-refractivity contribution in [1.82, 2.24) is 0 Å². The van der Waals surface area contributed by atoms with Crippen molar-refractivity contribution >= 4 is 5.78 Å². The van der Waals surface area contributed by atoms with Gasteiger partial charge in [0.2, 0.25) is 0 Å². The van der Waals surface area contributed by atoms with Crippen LogP contribution < -0.4 is 0 Å². The van der Waals surface area contributed by atoms with E-state index in [4.69, 9.17) is 9.84 Å². The van der Waals surface area contributed by atoms with E-state index in [-0.39, 0.29) is 17.6 Å². The lowest BCUT2D eigenvalue weighted by Gasteiger charge is -2.21. The number of benzene rings is 1. The Labute approximate surface area is 95.0 Å². The van der Waals surface area contributed by atoms with Crippen LogP contribution in [0.15, 0.2) is 24.3 Å². The summed E-state index contributed by atoms with van der Waals surface area (Å²) in [5, 5.41) is 9.13. The molecule has 1 fully saturated rings. The fraction of sp³-hybridized carbons (Fsp3) is 0.462. The van der Waals surface area contributed by atoms with E-state index < -0.39 is 0 Å². The van der Waals surface area contributed by atoms with Gasteiger partial charge in [0.1, 0.15) is 11.9 Å². The minimum absolute atomic E-state index is 0.144. The lowest BCUT2D eigenvalue weighted by Crippen LogP contribution is -2.29. The van der Waals surface area contributed by atoms with Crippen LogP contribution in [-0.4, -0.2) is 23.6 Å². The zero-order chi connectivity index (χ0) is 11.4. The second kappa shape index (κ2) is 5.12. The van der Waals surface area contributed by atoms with E-state index in [1.165, 1.54) is 0 Å². The maximum atomic E-state index is 11.9. The molecule has 1 aliphatic rings. The van der Waals surface area contributed by atoms with Crippen LogP contribution in [0.1, 0.15) is 24.8 Å². The van der Waals surface area contributed by atoms with Gasteiger partial charge >= 0.3 is 0 Å². The molecule has 0 saturated carbocycles. The number of aromatic hydroxyl groups is 1. The van der Waals surface area contributed by atoms with Gasteiger partial charge in [-0.05, 0) is 37.0 Å². The Morgan fingerprint density at radius 2 is 2.06 bits per heavy atom. The van der Waals surface area contributed by atoms with Crippen LogP contribution in [0.4, 0.5) is 0 Å². The average Bonchev–Trinajstić information content (AvgIpc) is 2.33. The average molecular weight is 220 g/mol. The predicted molar refractivity (Wildman–Crippen MR) is 60.4 cm³/mol. The van der Waals surface area contributed by atoms with E-state index in [0.717, 1.165) is 24.8 Å². The van der Waals surface area contributed by atoms with Crippen LogP contribution in [0.5, 0.6) is 5.75 Å². The molecule has 0 bridgehead atoms. The molecular weight excluding hydrogens is 204 g/mol. The normalized spacial score (nSPS) is 20.6. The molecule has 1 heterocycles. The van der Waals surface area contributed by atoms with Gasteiger partial charge in [-0.1, -0.05) is 12.1 Å². The highest BCUT2D eigenvalue weighted by Crippen LogP contribution is 2.16. The van der Waals surface area contributed by atoms with Gasteiger partial charge < -0.3 is 9.84 Å². The largest absolute Gasteiger partial charge is 0.508 e. The highest BCUT2D eigenvalue weighted by molar-refractivity contribution is 5.85. The molecule has 1 unspecified atom stereocenters. The summed E-state index contributed by atoms with van der Waals surface area (Å²) in [7, 11) is 0. The van der Waals surface area contributed by atoms with Gasteiger partial charge in [0.05, 0.1) is 0 Å². The standard InChI is InChI=1S/C13H16O3/c14-11-6-4-10(5-7-11)9-12(15)13-3-1-2-8-16-13/h4-7,13-14H,1-3,8-9H2. The maximum Gasteiger partial charge on any atom is 0.165 e. The van der Waals surface area contributed by atoms with Gasteiger partial charge in [0, 0.05) is 13.0 Å². The lowest BCUT2D eigenvalue weighted by atomic mass is 10.00. The Bertz CT molecular complexity index is 350. The number of phenols is 1. The molecule has 1 N–H and O–H groups in total. The molecule has 0 aliphatic carbocycles. The van der Waals surface area contributed by atoms with Crippen molar-refractivity contribution in [2.24, 2.45) is 0 Å². The molecule has 1 aromatic rings. The Hall–Kier alpha value is -1.35. The molecule has 1 saturated heterocycles. The molecule has 86 valence electrons. The number of rotatable bonds is 3. The maximum absolute atomic E-state index is 11.9. The van der Waals surface area contributed by atoms with Gasteiger partial charge in [-0.15, -0.1) is 0 Å². The molecule has 3 heteroatoms. The monoisotopic (exact) mass is 220 g/mol. The number of ether oxygens (including phenoxy) is 1. The second-order valence-electron chi connectivity index (χ2n) is 4.16. The van der Waals surface area contributed by atoms with Crippen LogP contribution in [-0.2, 0) is 16.0 Å². The van der Waals surface area contributed by atoms with Crippen molar-refractivity contribution in [2.45, 2.75) is 31.8 Å². The lowest BCUT2D eigenvalue weighted by molar-refractivity contribution is -0.132. The molecule has 1 aliphatic heterocycles. The Balaban J connectivity index is 1.93. The molecular formula is C13H16O3. The number of hydrogen-bond donors (Lipinski definition) is 1. The first-order chi connectivity index (χ1) is 7.75. The van der Waals surface area contributed by atoms with Crippen molar-refractivity contribution in [3.8, 4) is 5.75 Å². The van der Waals surface area contributed by atoms with E-state index in [2.05, 4.69) is 0 Å². The first-order valence-electron chi connectivity index (χ1n) is 5.68. The molecule has 1 aromatic carbocycles. The predicted octanol–water partition coefficient (Wildman–Crippen LogP) is 2.07. The molecule has 3 nitrogen and oxygen atoms in total. The van der Waals surface area contributed by atoms with E-state index in [1.807, 2.05) is 0 Å². The number of phenolic OH excluding ortho intramolecular Hbond substituents is 1. The summed E-state index contributed by atoms with van der Waals surface area (Å²) in [4.78, 5) is 11.9. The fourth-order valence-electron chi connectivity index (χ4n) is 1.92.